The van der Waals surface area contributed by atoms with Gasteiger partial charge in [0.2, 0.25) is 0 Å². The molecule has 0 bridgehead atoms. The highest BCUT2D eigenvalue weighted by Gasteiger charge is 2.31. The molecule has 0 N–H and O–H groups in total. The SMILES string of the molecule is C=CCOc1ccc(C(C)(c2ccc(OCC=C)cc2)c2ccc(OCC=C)cc2)cc1.C=CCSc1ccc(Sc2ccc(SCC=C)cc2)cc1.C=CCSc1nc(SC=C)nc(SCC=C)n1. The van der Waals surface area contributed by atoms with E-state index in [-0.39, 0.29) is 5.41 Å². The summed E-state index contributed by atoms with van der Waals surface area (Å²) in [5.74, 6) is 5.93. The molecular weight excluding hydrogens is 979 g/mol. The number of rotatable bonds is 28. The van der Waals surface area contributed by atoms with E-state index in [0.29, 0.717) is 25.0 Å². The van der Waals surface area contributed by atoms with Gasteiger partial charge in [-0.2, -0.15) is 15.0 Å². The van der Waals surface area contributed by atoms with Crippen LogP contribution in [0.1, 0.15) is 23.6 Å². The average Bonchev–Trinajstić information content (AvgIpc) is 3.40. The summed E-state index contributed by atoms with van der Waals surface area (Å²) in [5.41, 5.74) is 3.08. The fourth-order valence-corrected chi connectivity index (χ4v) is 9.95. The highest BCUT2D eigenvalue weighted by atomic mass is 32.2. The van der Waals surface area contributed by atoms with Gasteiger partial charge >= 0.3 is 0 Å². The van der Waals surface area contributed by atoms with Crippen LogP contribution in [0.4, 0.5) is 0 Å². The summed E-state index contributed by atoms with van der Waals surface area (Å²) in [5, 5.41) is 3.82. The minimum Gasteiger partial charge on any atom is -0.490 e. The Bertz CT molecular complexity index is 2330. The van der Waals surface area contributed by atoms with E-state index in [2.05, 4.69) is 159 Å². The van der Waals surface area contributed by atoms with Gasteiger partial charge in [-0.15, -0.1) is 49.8 Å². The van der Waals surface area contributed by atoms with Crippen LogP contribution in [0.5, 0.6) is 17.2 Å². The number of thioether (sulfide) groups is 5. The third-order valence-corrected chi connectivity index (χ3v) is 14.7. The van der Waals surface area contributed by atoms with E-state index >= 15 is 0 Å². The van der Waals surface area contributed by atoms with Crippen LogP contribution in [0.15, 0.2) is 257 Å². The van der Waals surface area contributed by atoms with Gasteiger partial charge in [-0.1, -0.05) is 152 Å². The van der Waals surface area contributed by atoms with Crippen LogP contribution >= 0.6 is 70.6 Å². The van der Waals surface area contributed by atoms with Crippen molar-refractivity contribution in [2.75, 3.05) is 42.8 Å². The van der Waals surface area contributed by atoms with Crippen LogP contribution in [0.2, 0.25) is 0 Å². The van der Waals surface area contributed by atoms with Crippen molar-refractivity contribution in [3.05, 3.63) is 239 Å². The molecule has 0 spiro atoms. The van der Waals surface area contributed by atoms with Gasteiger partial charge in [0.1, 0.15) is 37.1 Å². The molecule has 0 atom stereocenters. The van der Waals surface area contributed by atoms with Crippen LogP contribution in [0, 0.1) is 0 Å². The van der Waals surface area contributed by atoms with Crippen LogP contribution < -0.4 is 14.2 Å². The molecule has 0 saturated heterocycles. The van der Waals surface area contributed by atoms with Crippen molar-refractivity contribution >= 4 is 70.6 Å². The monoisotopic (exact) mass is 1040 g/mol. The van der Waals surface area contributed by atoms with Crippen LogP contribution in [0.3, 0.4) is 0 Å². The molecule has 362 valence electrons. The van der Waals surface area contributed by atoms with E-state index in [1.807, 2.05) is 60.7 Å². The maximum absolute atomic E-state index is 5.67. The van der Waals surface area contributed by atoms with Crippen molar-refractivity contribution in [2.24, 2.45) is 0 Å². The van der Waals surface area contributed by atoms with E-state index in [0.717, 1.165) is 67.3 Å². The number of hydrogen-bond acceptors (Lipinski definition) is 12. The molecule has 6 nitrogen and oxygen atoms in total. The smallest absolute Gasteiger partial charge is 0.196 e. The van der Waals surface area contributed by atoms with Gasteiger partial charge in [0, 0.05) is 48.0 Å². The molecule has 0 aliphatic rings. The van der Waals surface area contributed by atoms with Crippen molar-refractivity contribution < 1.29 is 14.2 Å². The molecule has 6 aromatic rings. The molecule has 0 amide bonds. The van der Waals surface area contributed by atoms with Crippen molar-refractivity contribution in [3.63, 3.8) is 0 Å². The lowest BCUT2D eigenvalue weighted by molar-refractivity contribution is 0.362. The molecule has 70 heavy (non-hydrogen) atoms. The molecule has 1 heterocycles. The van der Waals surface area contributed by atoms with E-state index in [9.17, 15) is 0 Å². The Labute approximate surface area is 442 Å². The maximum Gasteiger partial charge on any atom is 0.196 e. The number of benzene rings is 5. The summed E-state index contributed by atoms with van der Waals surface area (Å²) >= 11 is 9.88. The molecule has 0 aliphatic heterocycles. The van der Waals surface area contributed by atoms with Crippen LogP contribution in [0.25, 0.3) is 0 Å². The molecule has 6 rings (SSSR count). The lowest BCUT2D eigenvalue weighted by Gasteiger charge is -2.32. The lowest BCUT2D eigenvalue weighted by Crippen LogP contribution is -2.25. The normalized spacial score (nSPS) is 10.4. The second-order valence-corrected chi connectivity index (χ2v) is 20.7. The zero-order valence-corrected chi connectivity index (χ0v) is 44.7. The first-order valence-electron chi connectivity index (χ1n) is 22.1. The molecule has 0 fully saturated rings. The quantitative estimate of drug-likeness (QED) is 0.0267. The first-order chi connectivity index (χ1) is 34.2. The highest BCUT2D eigenvalue weighted by Crippen LogP contribution is 2.41. The van der Waals surface area contributed by atoms with Crippen LogP contribution in [-0.4, -0.2) is 57.8 Å². The van der Waals surface area contributed by atoms with Gasteiger partial charge in [0.25, 0.3) is 0 Å². The third-order valence-electron chi connectivity index (χ3n) is 9.44. The van der Waals surface area contributed by atoms with E-state index in [1.54, 1.807) is 82.4 Å². The van der Waals surface area contributed by atoms with Crippen molar-refractivity contribution in [3.8, 4) is 17.2 Å². The molecule has 5 aromatic carbocycles. The molecule has 0 saturated carbocycles. The second kappa shape index (κ2) is 33.2. The summed E-state index contributed by atoms with van der Waals surface area (Å²) in [4.78, 5) is 18.1. The van der Waals surface area contributed by atoms with E-state index in [4.69, 9.17) is 14.2 Å². The molecular formula is C58H61N3O3S6. The zero-order valence-electron chi connectivity index (χ0n) is 39.8. The van der Waals surface area contributed by atoms with Gasteiger partial charge in [0.05, 0.1) is 0 Å². The average molecular weight is 1040 g/mol. The Balaban J connectivity index is 0.000000243. The molecule has 0 aliphatic carbocycles. The fraction of sp³-hybridized carbons (Fsp3) is 0.155. The number of aromatic nitrogens is 3. The molecule has 0 unspecified atom stereocenters. The highest BCUT2D eigenvalue weighted by molar-refractivity contribution is 8.02. The molecule has 1 aromatic heterocycles. The van der Waals surface area contributed by atoms with Crippen LogP contribution in [-0.2, 0) is 5.41 Å². The predicted molar refractivity (Wildman–Crippen MR) is 309 cm³/mol. The topological polar surface area (TPSA) is 66.4 Å². The van der Waals surface area contributed by atoms with Crippen molar-refractivity contribution in [1.29, 1.82) is 0 Å². The first kappa shape index (κ1) is 57.1. The minimum atomic E-state index is -0.384. The number of hydrogen-bond donors (Lipinski definition) is 0. The summed E-state index contributed by atoms with van der Waals surface area (Å²) in [6.07, 6.45) is 12.7. The molecule has 12 heteroatoms. The van der Waals surface area contributed by atoms with Gasteiger partial charge in [-0.3, -0.25) is 0 Å². The summed E-state index contributed by atoms with van der Waals surface area (Å²) in [6, 6.07) is 42.1. The van der Waals surface area contributed by atoms with Gasteiger partial charge in [0.15, 0.2) is 15.5 Å². The Hall–Kier alpha value is -5.47. The summed E-state index contributed by atoms with van der Waals surface area (Å²) in [7, 11) is 0. The maximum atomic E-state index is 5.67. The van der Waals surface area contributed by atoms with Gasteiger partial charge in [-0.05, 0) is 114 Å². The fourth-order valence-electron chi connectivity index (χ4n) is 6.12. The third kappa shape index (κ3) is 19.7. The number of ether oxygens (including phenoxy) is 3. The zero-order chi connectivity index (χ0) is 50.2. The Morgan fingerprint density at radius 3 is 0.986 bits per heavy atom. The van der Waals surface area contributed by atoms with Crippen molar-refractivity contribution in [2.45, 2.75) is 47.4 Å². The standard InChI is InChI=1S/C29H30O3.C18H18S3.C11H13N3S3/c1-5-20-30-26-14-8-23(9-15-26)29(4,24-10-16-27(17-11-24)31-21-6-2)25-12-18-28(19-13-25)32-22-7-3;1-3-13-19-15-5-9-17(10-6-15)21-18-11-7-16(8-12-18)20-14-4-2;1-4-7-16-10-12-9(15-6-3)13-11(14-10)17-8-5-2/h5-19H,1-3,20-22H2,4H3;3-12H,1-2,13-14H2;4-6H,1-3,7-8H2. The predicted octanol–water partition coefficient (Wildman–Crippen LogP) is 16.8. The number of nitrogens with zero attached hydrogens (tertiary/aromatic N) is 3. The van der Waals surface area contributed by atoms with Gasteiger partial charge in [-0.25, -0.2) is 0 Å². The largest absolute Gasteiger partial charge is 0.490 e. The van der Waals surface area contributed by atoms with Crippen molar-refractivity contribution in [1.82, 2.24) is 15.0 Å². The second-order valence-electron chi connectivity index (χ2n) is 14.4. The van der Waals surface area contributed by atoms with E-state index < -0.39 is 0 Å². The Morgan fingerprint density at radius 1 is 0.386 bits per heavy atom. The van der Waals surface area contributed by atoms with E-state index in [1.165, 1.54) is 31.3 Å². The molecule has 0 radical (unpaired) electrons. The Kier molecular flexibility index (Phi) is 27.1. The summed E-state index contributed by atoms with van der Waals surface area (Å²) < 4.78 is 17.0. The Morgan fingerprint density at radius 2 is 0.686 bits per heavy atom. The summed E-state index contributed by atoms with van der Waals surface area (Å²) in [6.45, 7) is 33.3. The lowest BCUT2D eigenvalue weighted by atomic mass is 9.71. The van der Waals surface area contributed by atoms with Gasteiger partial charge < -0.3 is 14.2 Å². The first-order valence-corrected chi connectivity index (χ1v) is 27.8. The minimum absolute atomic E-state index is 0.384.